The molecular formula is C67H46N2. The van der Waals surface area contributed by atoms with Crippen molar-refractivity contribution in [3.05, 3.63) is 301 Å². The van der Waals surface area contributed by atoms with Crippen LogP contribution in [0.2, 0.25) is 0 Å². The highest BCUT2D eigenvalue weighted by Gasteiger charge is 2.47. The molecule has 0 aliphatic heterocycles. The fraction of sp³-hybridized carbons (Fsp3) is 0.0149. The average molecular weight is 879 g/mol. The molecule has 0 spiro atoms. The molecule has 69 heavy (non-hydrogen) atoms. The summed E-state index contributed by atoms with van der Waals surface area (Å²) in [6.45, 7) is 0. The normalized spacial score (nSPS) is 13.9. The maximum atomic E-state index is 2.48. The van der Waals surface area contributed by atoms with E-state index in [4.69, 9.17) is 0 Å². The summed E-state index contributed by atoms with van der Waals surface area (Å²) in [5, 5.41) is 2.48. The van der Waals surface area contributed by atoms with Gasteiger partial charge in [0.25, 0.3) is 0 Å². The third-order valence-corrected chi connectivity index (χ3v) is 14.3. The molecule has 1 aliphatic carbocycles. The lowest BCUT2D eigenvalue weighted by atomic mass is 9.67. The number of aromatic nitrogens is 1. The number of hydrogen-bond donors (Lipinski definition) is 0. The third-order valence-electron chi connectivity index (χ3n) is 14.3. The summed E-state index contributed by atoms with van der Waals surface area (Å²) >= 11 is 0. The van der Waals surface area contributed by atoms with Crippen LogP contribution in [0.3, 0.4) is 0 Å². The zero-order valence-electron chi connectivity index (χ0n) is 38.0. The number of hydrogen-bond acceptors (Lipinski definition) is 1. The van der Waals surface area contributed by atoms with Crippen LogP contribution < -0.4 is 4.90 Å². The van der Waals surface area contributed by atoms with E-state index in [1.807, 2.05) is 0 Å². The van der Waals surface area contributed by atoms with Crippen LogP contribution in [0.25, 0.3) is 72.0 Å². The van der Waals surface area contributed by atoms with Gasteiger partial charge in [-0.1, -0.05) is 212 Å². The van der Waals surface area contributed by atoms with E-state index in [9.17, 15) is 0 Å². The van der Waals surface area contributed by atoms with Gasteiger partial charge in [0, 0.05) is 33.5 Å². The van der Waals surface area contributed by atoms with Crippen molar-refractivity contribution in [2.24, 2.45) is 0 Å². The number of rotatable bonds is 9. The zero-order valence-corrected chi connectivity index (χ0v) is 38.0. The first-order valence-electron chi connectivity index (χ1n) is 23.8. The minimum atomic E-state index is -0.653. The minimum absolute atomic E-state index is 0.653. The van der Waals surface area contributed by atoms with Gasteiger partial charge in [-0.2, -0.15) is 0 Å². The van der Waals surface area contributed by atoms with Crippen LogP contribution in [0.4, 0.5) is 17.1 Å². The topological polar surface area (TPSA) is 8.17 Å². The van der Waals surface area contributed by atoms with E-state index in [1.54, 1.807) is 0 Å². The first-order chi connectivity index (χ1) is 34.2. The highest BCUT2D eigenvalue weighted by molar-refractivity contribution is 6.11. The van der Waals surface area contributed by atoms with E-state index in [1.165, 1.54) is 88.6 Å². The Labute approximate surface area is 403 Å². The predicted octanol–water partition coefficient (Wildman–Crippen LogP) is 17.6. The molecule has 11 aromatic carbocycles. The van der Waals surface area contributed by atoms with E-state index in [0.717, 1.165) is 22.7 Å². The van der Waals surface area contributed by atoms with Crippen molar-refractivity contribution in [2.45, 2.75) is 5.41 Å². The van der Waals surface area contributed by atoms with E-state index in [0.29, 0.717) is 0 Å². The average Bonchev–Trinajstić information content (AvgIpc) is 3.93. The molecule has 1 heterocycles. The molecule has 0 radical (unpaired) electrons. The standard InChI is InChI=1S/C67H46N2/c1-6-19-47(20-7-1)49-33-38-53(39-34-49)67(52-23-10-3-11-24-52)62-31-18-30-58(51-37-44-65-61(45-51)59-29-16-17-32-64(59)69(65)55-27-14-5-15-28-55)66(62)60-43-42-57(46-63(60)67)68(54-25-12-4-13-26-54)56-40-35-50(36-41-56)48-21-8-2-9-22-48/h1-46H. The number of nitrogens with zero attached hydrogens (tertiary/aromatic N) is 2. The van der Waals surface area contributed by atoms with Gasteiger partial charge < -0.3 is 9.47 Å². The Morgan fingerprint density at radius 3 is 1.48 bits per heavy atom. The SMILES string of the molecule is c1ccc(-c2ccc(N(c3ccccc3)c3ccc4c(c3)C(c3ccccc3)(c3ccc(-c5ccccc5)cc3)c3cccc(-c5ccc6c(c5)c5ccccc5n6-c5ccccc5)c3-4)cc2)cc1. The monoisotopic (exact) mass is 878 g/mol. The Morgan fingerprint density at radius 1 is 0.290 bits per heavy atom. The highest BCUT2D eigenvalue weighted by atomic mass is 15.1. The molecule has 2 nitrogen and oxygen atoms in total. The van der Waals surface area contributed by atoms with Gasteiger partial charge in [0.2, 0.25) is 0 Å². The quantitative estimate of drug-likeness (QED) is 0.140. The first-order valence-corrected chi connectivity index (χ1v) is 23.8. The van der Waals surface area contributed by atoms with Crippen LogP contribution >= 0.6 is 0 Å². The van der Waals surface area contributed by atoms with Crippen LogP contribution in [0, 0.1) is 0 Å². The molecule has 13 rings (SSSR count). The van der Waals surface area contributed by atoms with Gasteiger partial charge in [-0.3, -0.25) is 0 Å². The van der Waals surface area contributed by atoms with Crippen molar-refractivity contribution >= 4 is 38.9 Å². The summed E-state index contributed by atoms with van der Waals surface area (Å²) < 4.78 is 2.40. The molecule has 0 N–H and O–H groups in total. The molecule has 0 saturated heterocycles. The fourth-order valence-electron chi connectivity index (χ4n) is 11.2. The Morgan fingerprint density at radius 2 is 0.797 bits per heavy atom. The summed E-state index contributed by atoms with van der Waals surface area (Å²) in [7, 11) is 0. The zero-order chi connectivity index (χ0) is 45.7. The van der Waals surface area contributed by atoms with Crippen molar-refractivity contribution in [3.63, 3.8) is 0 Å². The summed E-state index contributed by atoms with van der Waals surface area (Å²) in [5.41, 5.74) is 20.9. The highest BCUT2D eigenvalue weighted by Crippen LogP contribution is 2.59. The number of fused-ring (bicyclic) bond motifs is 6. The van der Waals surface area contributed by atoms with Crippen LogP contribution in [-0.2, 0) is 5.41 Å². The second kappa shape index (κ2) is 16.7. The molecule has 1 aromatic heterocycles. The van der Waals surface area contributed by atoms with Gasteiger partial charge in [0.1, 0.15) is 0 Å². The van der Waals surface area contributed by atoms with Gasteiger partial charge >= 0.3 is 0 Å². The fourth-order valence-corrected chi connectivity index (χ4v) is 11.2. The molecule has 1 aliphatic rings. The summed E-state index contributed by atoms with van der Waals surface area (Å²) in [4.78, 5) is 2.41. The lowest BCUT2D eigenvalue weighted by Crippen LogP contribution is -2.28. The third kappa shape index (κ3) is 6.64. The van der Waals surface area contributed by atoms with E-state index >= 15 is 0 Å². The minimum Gasteiger partial charge on any atom is -0.310 e. The lowest BCUT2D eigenvalue weighted by Gasteiger charge is -2.35. The van der Waals surface area contributed by atoms with Gasteiger partial charge in [-0.15, -0.1) is 0 Å². The summed E-state index contributed by atoms with van der Waals surface area (Å²) in [6.07, 6.45) is 0. The smallest absolute Gasteiger partial charge is 0.0714 e. The van der Waals surface area contributed by atoms with Crippen LogP contribution in [0.15, 0.2) is 279 Å². The van der Waals surface area contributed by atoms with Crippen molar-refractivity contribution in [3.8, 4) is 50.2 Å². The van der Waals surface area contributed by atoms with Crippen molar-refractivity contribution in [1.82, 2.24) is 4.57 Å². The Balaban J connectivity index is 1.06. The van der Waals surface area contributed by atoms with Crippen molar-refractivity contribution < 1.29 is 0 Å². The molecule has 0 fully saturated rings. The van der Waals surface area contributed by atoms with Crippen LogP contribution in [0.1, 0.15) is 22.3 Å². The molecule has 0 bridgehead atoms. The number of para-hydroxylation sites is 3. The van der Waals surface area contributed by atoms with Gasteiger partial charge in [0.05, 0.1) is 16.4 Å². The second-order valence-electron chi connectivity index (χ2n) is 18.0. The molecular weight excluding hydrogens is 833 g/mol. The van der Waals surface area contributed by atoms with E-state index in [2.05, 4.69) is 289 Å². The Kier molecular flexibility index (Phi) is 9.77. The molecule has 0 saturated carbocycles. The maximum Gasteiger partial charge on any atom is 0.0714 e. The predicted molar refractivity (Wildman–Crippen MR) is 289 cm³/mol. The summed E-state index contributed by atoms with van der Waals surface area (Å²) in [5.74, 6) is 0. The van der Waals surface area contributed by atoms with E-state index < -0.39 is 5.41 Å². The largest absolute Gasteiger partial charge is 0.310 e. The summed E-state index contributed by atoms with van der Waals surface area (Å²) in [6, 6.07) is 102. The van der Waals surface area contributed by atoms with Crippen molar-refractivity contribution in [2.75, 3.05) is 4.90 Å². The van der Waals surface area contributed by atoms with Crippen LogP contribution in [-0.4, -0.2) is 4.57 Å². The van der Waals surface area contributed by atoms with Crippen molar-refractivity contribution in [1.29, 1.82) is 0 Å². The first kappa shape index (κ1) is 40.3. The molecule has 2 heteroatoms. The second-order valence-corrected chi connectivity index (χ2v) is 18.0. The number of benzene rings is 11. The van der Waals surface area contributed by atoms with E-state index in [-0.39, 0.29) is 0 Å². The molecule has 324 valence electrons. The van der Waals surface area contributed by atoms with Gasteiger partial charge in [0.15, 0.2) is 0 Å². The lowest BCUT2D eigenvalue weighted by molar-refractivity contribution is 0.768. The van der Waals surface area contributed by atoms with Crippen LogP contribution in [0.5, 0.6) is 0 Å². The molecule has 0 amide bonds. The van der Waals surface area contributed by atoms with Gasteiger partial charge in [-0.05, 0) is 133 Å². The molecule has 12 aromatic rings. The van der Waals surface area contributed by atoms with Gasteiger partial charge in [-0.25, -0.2) is 0 Å². The molecule has 1 atom stereocenters. The molecule has 1 unspecified atom stereocenters. The Bertz CT molecular complexity index is 3790. The number of anilines is 3. The maximum absolute atomic E-state index is 2.48. The Hall–Kier alpha value is -8.98.